The molecule has 29 heavy (non-hydrogen) atoms. The van der Waals surface area contributed by atoms with Crippen molar-refractivity contribution < 1.29 is 19.2 Å². The first kappa shape index (κ1) is 20.5. The third-order valence-electron chi connectivity index (χ3n) is 4.50. The SMILES string of the molecule is Cc1cc(C)cc(-n2c(C)cc(C(=O)COC(=O)c3ccc([N+](=O)[O-])s3)c2C)c1. The standard InChI is InChI=1S/C21H20N2O5S/c1-12-7-13(2)9-16(8-12)22-14(3)10-17(15(22)4)18(24)11-28-21(25)19-5-6-20(29-19)23(26)27/h5-10H,11H2,1-4H3. The zero-order valence-corrected chi connectivity index (χ0v) is 17.3. The molecule has 0 fully saturated rings. The molecule has 0 bridgehead atoms. The Morgan fingerprint density at radius 2 is 1.72 bits per heavy atom. The molecule has 0 radical (unpaired) electrons. The van der Waals surface area contributed by atoms with Crippen LogP contribution in [0.3, 0.4) is 0 Å². The van der Waals surface area contributed by atoms with Crippen molar-refractivity contribution in [3.05, 3.63) is 79.5 Å². The number of hydrogen-bond acceptors (Lipinski definition) is 6. The Labute approximate surface area is 171 Å². The van der Waals surface area contributed by atoms with Crippen LogP contribution in [-0.2, 0) is 4.74 Å². The minimum atomic E-state index is -0.750. The van der Waals surface area contributed by atoms with Gasteiger partial charge in [0.1, 0.15) is 4.88 Å². The van der Waals surface area contributed by atoms with Crippen molar-refractivity contribution in [3.8, 4) is 5.69 Å². The number of ketones is 1. The second-order valence-corrected chi connectivity index (χ2v) is 7.92. The van der Waals surface area contributed by atoms with Crippen LogP contribution in [-0.4, -0.2) is 27.8 Å². The molecular weight excluding hydrogens is 392 g/mol. The molecule has 0 unspecified atom stereocenters. The average molecular weight is 412 g/mol. The van der Waals surface area contributed by atoms with Gasteiger partial charge in [-0.15, -0.1) is 0 Å². The summed E-state index contributed by atoms with van der Waals surface area (Å²) in [6, 6.07) is 10.5. The van der Waals surface area contributed by atoms with E-state index in [2.05, 4.69) is 6.07 Å². The van der Waals surface area contributed by atoms with Gasteiger partial charge in [-0.05, 0) is 63.1 Å². The zero-order valence-electron chi connectivity index (χ0n) is 16.5. The lowest BCUT2D eigenvalue weighted by molar-refractivity contribution is -0.380. The number of benzene rings is 1. The van der Waals surface area contributed by atoms with Crippen LogP contribution in [0.15, 0.2) is 36.4 Å². The van der Waals surface area contributed by atoms with Crippen LogP contribution in [0.4, 0.5) is 5.00 Å². The highest BCUT2D eigenvalue weighted by atomic mass is 32.1. The Morgan fingerprint density at radius 1 is 1.07 bits per heavy atom. The van der Waals surface area contributed by atoms with E-state index >= 15 is 0 Å². The lowest BCUT2D eigenvalue weighted by atomic mass is 10.1. The van der Waals surface area contributed by atoms with Gasteiger partial charge in [0.05, 0.1) is 4.92 Å². The Kier molecular flexibility index (Phi) is 5.65. The van der Waals surface area contributed by atoms with Gasteiger partial charge in [-0.3, -0.25) is 14.9 Å². The highest BCUT2D eigenvalue weighted by molar-refractivity contribution is 7.17. The number of carbonyl (C=O) groups is 2. The molecule has 2 heterocycles. The normalized spacial score (nSPS) is 10.8. The molecule has 8 heteroatoms. The molecule has 0 N–H and O–H groups in total. The minimum absolute atomic E-state index is 0.0882. The first-order valence-corrected chi connectivity index (χ1v) is 9.71. The van der Waals surface area contributed by atoms with E-state index in [0.29, 0.717) is 5.56 Å². The van der Waals surface area contributed by atoms with Gasteiger partial charge < -0.3 is 9.30 Å². The van der Waals surface area contributed by atoms with Crippen molar-refractivity contribution in [2.24, 2.45) is 0 Å². The number of esters is 1. The van der Waals surface area contributed by atoms with E-state index in [4.69, 9.17) is 4.74 Å². The van der Waals surface area contributed by atoms with Crippen molar-refractivity contribution in [1.29, 1.82) is 0 Å². The summed E-state index contributed by atoms with van der Waals surface area (Å²) in [7, 11) is 0. The molecule has 0 aliphatic heterocycles. The molecule has 0 saturated heterocycles. The van der Waals surface area contributed by atoms with Gasteiger partial charge in [-0.25, -0.2) is 4.79 Å². The molecule has 0 aliphatic rings. The van der Waals surface area contributed by atoms with Gasteiger partial charge in [0.25, 0.3) is 0 Å². The zero-order chi connectivity index (χ0) is 21.3. The van der Waals surface area contributed by atoms with Gasteiger partial charge in [0.2, 0.25) is 5.78 Å². The third kappa shape index (κ3) is 4.27. The second-order valence-electron chi connectivity index (χ2n) is 6.86. The van der Waals surface area contributed by atoms with Gasteiger partial charge in [0, 0.05) is 28.7 Å². The van der Waals surface area contributed by atoms with Crippen LogP contribution < -0.4 is 0 Å². The predicted molar refractivity (Wildman–Crippen MR) is 110 cm³/mol. The van der Waals surface area contributed by atoms with E-state index in [1.54, 1.807) is 6.07 Å². The maximum Gasteiger partial charge on any atom is 0.349 e. The van der Waals surface area contributed by atoms with Crippen LogP contribution in [0.2, 0.25) is 0 Å². The summed E-state index contributed by atoms with van der Waals surface area (Å²) in [6.45, 7) is 7.37. The fourth-order valence-electron chi connectivity index (χ4n) is 3.34. The number of ether oxygens (including phenoxy) is 1. The number of aromatic nitrogens is 1. The third-order valence-corrected chi connectivity index (χ3v) is 5.52. The number of nitro groups is 1. The molecule has 0 spiro atoms. The molecule has 0 saturated carbocycles. The smallest absolute Gasteiger partial charge is 0.349 e. The van der Waals surface area contributed by atoms with E-state index in [0.717, 1.165) is 39.5 Å². The summed E-state index contributed by atoms with van der Waals surface area (Å²) in [6.07, 6.45) is 0. The Balaban J connectivity index is 1.77. The lowest BCUT2D eigenvalue weighted by Crippen LogP contribution is -2.14. The van der Waals surface area contributed by atoms with Crippen molar-refractivity contribution in [1.82, 2.24) is 4.57 Å². The number of nitrogens with zero attached hydrogens (tertiary/aromatic N) is 2. The van der Waals surface area contributed by atoms with E-state index in [9.17, 15) is 19.7 Å². The number of carbonyl (C=O) groups excluding carboxylic acids is 2. The van der Waals surface area contributed by atoms with E-state index in [1.165, 1.54) is 12.1 Å². The van der Waals surface area contributed by atoms with Crippen molar-refractivity contribution in [2.75, 3.05) is 6.61 Å². The molecule has 3 rings (SSSR count). The largest absolute Gasteiger partial charge is 0.453 e. The molecule has 150 valence electrons. The van der Waals surface area contributed by atoms with Crippen molar-refractivity contribution in [3.63, 3.8) is 0 Å². The van der Waals surface area contributed by atoms with E-state index in [1.807, 2.05) is 44.4 Å². The van der Waals surface area contributed by atoms with Crippen LogP contribution >= 0.6 is 11.3 Å². The van der Waals surface area contributed by atoms with Crippen molar-refractivity contribution >= 4 is 28.1 Å². The molecule has 0 aliphatic carbocycles. The van der Waals surface area contributed by atoms with Crippen LogP contribution in [0.5, 0.6) is 0 Å². The first-order valence-electron chi connectivity index (χ1n) is 8.89. The Morgan fingerprint density at radius 3 is 2.31 bits per heavy atom. The quantitative estimate of drug-likeness (QED) is 0.253. The van der Waals surface area contributed by atoms with Gasteiger partial charge >= 0.3 is 11.0 Å². The number of hydrogen-bond donors (Lipinski definition) is 0. The van der Waals surface area contributed by atoms with Gasteiger partial charge in [-0.1, -0.05) is 17.4 Å². The fourth-order valence-corrected chi connectivity index (χ4v) is 4.05. The average Bonchev–Trinajstić information content (AvgIpc) is 3.23. The number of aryl methyl sites for hydroxylation is 3. The van der Waals surface area contributed by atoms with E-state index < -0.39 is 17.5 Å². The molecule has 2 aromatic heterocycles. The monoisotopic (exact) mass is 412 g/mol. The summed E-state index contributed by atoms with van der Waals surface area (Å²) in [5.41, 5.74) is 5.36. The molecule has 0 amide bonds. The summed E-state index contributed by atoms with van der Waals surface area (Å²) in [5, 5.41) is 10.6. The van der Waals surface area contributed by atoms with Crippen LogP contribution in [0.1, 0.15) is 42.5 Å². The van der Waals surface area contributed by atoms with Gasteiger partial charge in [0.15, 0.2) is 6.61 Å². The molecule has 3 aromatic rings. The number of Topliss-reactive ketones (excluding diaryl/α,β-unsaturated/α-hetero) is 1. The van der Waals surface area contributed by atoms with Crippen LogP contribution in [0.25, 0.3) is 5.69 Å². The molecule has 7 nitrogen and oxygen atoms in total. The maximum atomic E-state index is 12.7. The van der Waals surface area contributed by atoms with Crippen molar-refractivity contribution in [2.45, 2.75) is 27.7 Å². The molecule has 0 atom stereocenters. The second kappa shape index (κ2) is 8.00. The summed E-state index contributed by atoms with van der Waals surface area (Å²) in [4.78, 5) is 35.0. The topological polar surface area (TPSA) is 91.4 Å². The number of thiophene rings is 1. The van der Waals surface area contributed by atoms with E-state index in [-0.39, 0.29) is 15.7 Å². The molecule has 1 aromatic carbocycles. The highest BCUT2D eigenvalue weighted by Gasteiger charge is 2.21. The lowest BCUT2D eigenvalue weighted by Gasteiger charge is -2.12. The van der Waals surface area contributed by atoms with Crippen LogP contribution in [0, 0.1) is 37.8 Å². The van der Waals surface area contributed by atoms with Gasteiger partial charge in [-0.2, -0.15) is 0 Å². The predicted octanol–water partition coefficient (Wildman–Crippen LogP) is 4.72. The number of rotatable bonds is 6. The summed E-state index contributed by atoms with van der Waals surface area (Å²) in [5.74, 6) is -1.08. The Bertz CT molecular complexity index is 1110. The summed E-state index contributed by atoms with van der Waals surface area (Å²) >= 11 is 0.717. The minimum Gasteiger partial charge on any atom is -0.453 e. The highest BCUT2D eigenvalue weighted by Crippen LogP contribution is 2.25. The fraction of sp³-hybridized carbons (Fsp3) is 0.238. The molecular formula is C21H20N2O5S. The maximum absolute atomic E-state index is 12.7. The first-order chi connectivity index (χ1) is 13.7. The Hall–Kier alpha value is -3.26. The summed E-state index contributed by atoms with van der Waals surface area (Å²) < 4.78 is 7.07.